The highest BCUT2D eigenvalue weighted by Crippen LogP contribution is 2.63. The fourth-order valence-electron chi connectivity index (χ4n) is 12.9. The van der Waals surface area contributed by atoms with E-state index in [2.05, 4.69) is 243 Å². The van der Waals surface area contributed by atoms with Crippen molar-refractivity contribution >= 4 is 10.8 Å². The van der Waals surface area contributed by atoms with Crippen LogP contribution < -0.4 is 0 Å². The first kappa shape index (κ1) is 40.6. The smallest absolute Gasteiger partial charge is 0.164 e. The standard InChI is InChI=1S/C69H43N3/c1-4-19-45(20-5-1)65-70-66(72-67(71-65)47-39-40-56-54-27-12-17-34-62(54)69(63(56)43-47)60-32-15-10-25-52(60)53-26-11-16-33-61(53)69)46-37-35-44(36-38-46)50-29-18-30-57-51(50)41-42-58-55-28-13-14-31-59(55)68(64(57)58,48-21-6-2-7-22-48)49-23-8-3-9-24-49/h1-43H. The van der Waals surface area contributed by atoms with E-state index in [1.165, 1.54) is 94.2 Å². The molecule has 3 aliphatic carbocycles. The van der Waals surface area contributed by atoms with Crippen LogP contribution in [0.2, 0.25) is 0 Å². The van der Waals surface area contributed by atoms with Gasteiger partial charge in [-0.3, -0.25) is 0 Å². The first-order valence-corrected chi connectivity index (χ1v) is 24.8. The molecule has 72 heavy (non-hydrogen) atoms. The number of benzene rings is 11. The van der Waals surface area contributed by atoms with Crippen LogP contribution in [0.4, 0.5) is 0 Å². The quantitative estimate of drug-likeness (QED) is 0.167. The van der Waals surface area contributed by atoms with Gasteiger partial charge in [0.1, 0.15) is 0 Å². The molecule has 0 fully saturated rings. The number of fused-ring (bicyclic) bond motifs is 15. The Morgan fingerprint density at radius 3 is 1.17 bits per heavy atom. The molecule has 1 aromatic heterocycles. The zero-order chi connectivity index (χ0) is 47.4. The molecule has 0 aliphatic heterocycles. The fourth-order valence-corrected chi connectivity index (χ4v) is 12.9. The molecule has 1 heterocycles. The molecule has 3 nitrogen and oxygen atoms in total. The van der Waals surface area contributed by atoms with Gasteiger partial charge >= 0.3 is 0 Å². The molecule has 0 saturated heterocycles. The van der Waals surface area contributed by atoms with Crippen molar-refractivity contribution < 1.29 is 0 Å². The van der Waals surface area contributed by atoms with Gasteiger partial charge in [0.25, 0.3) is 0 Å². The maximum Gasteiger partial charge on any atom is 0.164 e. The predicted molar refractivity (Wildman–Crippen MR) is 293 cm³/mol. The Morgan fingerprint density at radius 2 is 0.611 bits per heavy atom. The molecule has 3 heteroatoms. The molecule has 12 aromatic rings. The summed E-state index contributed by atoms with van der Waals surface area (Å²) in [6.45, 7) is 0. The van der Waals surface area contributed by atoms with Crippen LogP contribution in [0.25, 0.3) is 89.4 Å². The van der Waals surface area contributed by atoms with E-state index in [1.807, 2.05) is 18.2 Å². The van der Waals surface area contributed by atoms with Gasteiger partial charge in [-0.1, -0.05) is 255 Å². The Morgan fingerprint density at radius 1 is 0.222 bits per heavy atom. The maximum atomic E-state index is 5.34. The third kappa shape index (κ3) is 5.59. The summed E-state index contributed by atoms with van der Waals surface area (Å²) in [5.41, 5.74) is 22.1. The van der Waals surface area contributed by atoms with Crippen molar-refractivity contribution in [2.75, 3.05) is 0 Å². The summed E-state index contributed by atoms with van der Waals surface area (Å²) in [4.78, 5) is 15.8. The van der Waals surface area contributed by atoms with Crippen LogP contribution in [0.1, 0.15) is 44.5 Å². The van der Waals surface area contributed by atoms with Crippen molar-refractivity contribution in [3.8, 4) is 78.7 Å². The number of hydrogen-bond acceptors (Lipinski definition) is 3. The van der Waals surface area contributed by atoms with Gasteiger partial charge in [0, 0.05) is 16.7 Å². The summed E-state index contributed by atoms with van der Waals surface area (Å²) in [7, 11) is 0. The predicted octanol–water partition coefficient (Wildman–Crippen LogP) is 16.4. The lowest BCUT2D eigenvalue weighted by molar-refractivity contribution is 0.775. The third-order valence-corrected chi connectivity index (χ3v) is 15.8. The largest absolute Gasteiger partial charge is 0.208 e. The number of hydrogen-bond donors (Lipinski definition) is 0. The van der Waals surface area contributed by atoms with Crippen LogP contribution in [0.15, 0.2) is 261 Å². The molecule has 0 atom stereocenters. The fraction of sp³-hybridized carbons (Fsp3) is 0.0290. The van der Waals surface area contributed by atoms with E-state index >= 15 is 0 Å². The molecule has 0 radical (unpaired) electrons. The van der Waals surface area contributed by atoms with Gasteiger partial charge in [0.05, 0.1) is 10.8 Å². The van der Waals surface area contributed by atoms with Gasteiger partial charge in [-0.15, -0.1) is 0 Å². The van der Waals surface area contributed by atoms with Gasteiger partial charge in [-0.2, -0.15) is 0 Å². The Kier molecular flexibility index (Phi) is 8.79. The van der Waals surface area contributed by atoms with Gasteiger partial charge < -0.3 is 0 Å². The summed E-state index contributed by atoms with van der Waals surface area (Å²) < 4.78 is 0. The van der Waals surface area contributed by atoms with Gasteiger partial charge in [-0.05, 0) is 106 Å². The highest BCUT2D eigenvalue weighted by molar-refractivity contribution is 6.06. The van der Waals surface area contributed by atoms with Crippen molar-refractivity contribution in [1.82, 2.24) is 15.0 Å². The van der Waals surface area contributed by atoms with Crippen LogP contribution in [0.3, 0.4) is 0 Å². The van der Waals surface area contributed by atoms with Crippen LogP contribution >= 0.6 is 0 Å². The highest BCUT2D eigenvalue weighted by atomic mass is 15.0. The second-order valence-electron chi connectivity index (χ2n) is 19.3. The Hall–Kier alpha value is -9.31. The summed E-state index contributed by atoms with van der Waals surface area (Å²) in [6, 6.07) is 95.2. The minimum Gasteiger partial charge on any atom is -0.208 e. The van der Waals surface area contributed by atoms with E-state index in [9.17, 15) is 0 Å². The summed E-state index contributed by atoms with van der Waals surface area (Å²) in [5.74, 6) is 1.91. The molecule has 1 spiro atoms. The highest BCUT2D eigenvalue weighted by Gasteiger charge is 2.52. The number of rotatable bonds is 6. The van der Waals surface area contributed by atoms with Crippen LogP contribution in [-0.2, 0) is 10.8 Å². The minimum atomic E-state index is -0.501. The van der Waals surface area contributed by atoms with Crippen molar-refractivity contribution in [3.63, 3.8) is 0 Å². The Labute approximate surface area is 418 Å². The van der Waals surface area contributed by atoms with Crippen LogP contribution in [-0.4, -0.2) is 15.0 Å². The zero-order valence-electron chi connectivity index (χ0n) is 39.2. The van der Waals surface area contributed by atoms with Gasteiger partial charge in [0.15, 0.2) is 17.5 Å². The molecule has 15 rings (SSSR count). The number of nitrogens with zero attached hydrogens (tertiary/aromatic N) is 3. The Bertz CT molecular complexity index is 4040. The molecule has 0 saturated carbocycles. The van der Waals surface area contributed by atoms with Gasteiger partial charge in [-0.25, -0.2) is 15.0 Å². The van der Waals surface area contributed by atoms with Gasteiger partial charge in [0.2, 0.25) is 0 Å². The van der Waals surface area contributed by atoms with Crippen molar-refractivity contribution in [3.05, 3.63) is 305 Å². The molecule has 0 amide bonds. The number of aromatic nitrogens is 3. The summed E-state index contributed by atoms with van der Waals surface area (Å²) >= 11 is 0. The second kappa shape index (κ2) is 15.6. The SMILES string of the molecule is c1ccc(-c2nc(-c3ccc(-c4cccc5c6c(ccc45)-c4ccccc4C6(c4ccccc4)c4ccccc4)cc3)nc(-c3ccc4c(c3)C3(c5ccccc5-c5ccccc53)c3ccccc3-4)n2)cc1. The molecule has 3 aliphatic rings. The first-order valence-electron chi connectivity index (χ1n) is 24.8. The summed E-state index contributed by atoms with van der Waals surface area (Å²) in [6.07, 6.45) is 0. The molecule has 0 bridgehead atoms. The average Bonchev–Trinajstić information content (AvgIpc) is 4.06. The topological polar surface area (TPSA) is 38.7 Å². The zero-order valence-corrected chi connectivity index (χ0v) is 39.2. The maximum absolute atomic E-state index is 5.34. The second-order valence-corrected chi connectivity index (χ2v) is 19.3. The van der Waals surface area contributed by atoms with Crippen molar-refractivity contribution in [2.45, 2.75) is 10.8 Å². The van der Waals surface area contributed by atoms with Crippen molar-refractivity contribution in [2.24, 2.45) is 0 Å². The van der Waals surface area contributed by atoms with E-state index in [1.54, 1.807) is 0 Å². The van der Waals surface area contributed by atoms with E-state index < -0.39 is 10.8 Å². The van der Waals surface area contributed by atoms with E-state index in [0.717, 1.165) is 22.3 Å². The van der Waals surface area contributed by atoms with E-state index in [-0.39, 0.29) is 0 Å². The molecule has 334 valence electrons. The van der Waals surface area contributed by atoms with Crippen LogP contribution in [0, 0.1) is 0 Å². The van der Waals surface area contributed by atoms with E-state index in [4.69, 9.17) is 15.0 Å². The lowest BCUT2D eigenvalue weighted by atomic mass is 9.66. The lowest BCUT2D eigenvalue weighted by Gasteiger charge is -2.34. The first-order chi connectivity index (χ1) is 35.7. The Balaban J connectivity index is 0.876. The molecule has 11 aromatic carbocycles. The third-order valence-electron chi connectivity index (χ3n) is 15.8. The molecule has 0 unspecified atom stereocenters. The van der Waals surface area contributed by atoms with Crippen LogP contribution in [0.5, 0.6) is 0 Å². The monoisotopic (exact) mass is 913 g/mol. The van der Waals surface area contributed by atoms with Crippen molar-refractivity contribution in [1.29, 1.82) is 0 Å². The molecule has 0 N–H and O–H groups in total. The normalized spacial score (nSPS) is 13.8. The van der Waals surface area contributed by atoms with E-state index in [0.29, 0.717) is 17.5 Å². The summed E-state index contributed by atoms with van der Waals surface area (Å²) in [5, 5.41) is 2.46. The lowest BCUT2D eigenvalue weighted by Crippen LogP contribution is -2.28. The minimum absolute atomic E-state index is 0.473. The molecular weight excluding hydrogens is 871 g/mol. The molecular formula is C69H43N3. The average molecular weight is 914 g/mol.